The molecule has 16 heteroatoms. The SMILES string of the molecule is [B]C(CCCC)Oc1nc(N2CCN(C(=C=O)C=C)C(C)C2)c2cc(C(F)(F)F)c(-c3ccc(F)c4sc(C(C)C)c(C#N)c34)c(F)c2n1.[B]C(O)(CCC)CCC(C)CC(C)CC. The van der Waals surface area contributed by atoms with E-state index in [1.54, 1.807) is 23.6 Å². The first-order chi connectivity index (χ1) is 30.2. The smallest absolute Gasteiger partial charge is 0.417 e. The highest BCUT2D eigenvalue weighted by Crippen LogP contribution is 2.48. The molecule has 2 aromatic heterocycles. The largest absolute Gasteiger partial charge is 0.471 e. The number of halogens is 5. The lowest BCUT2D eigenvalue weighted by atomic mass is 9.73. The van der Waals surface area contributed by atoms with Gasteiger partial charge in [0.15, 0.2) is 5.82 Å². The maximum absolute atomic E-state index is 17.0. The zero-order valence-corrected chi connectivity index (χ0v) is 39.2. The van der Waals surface area contributed by atoms with Crippen LogP contribution in [0.4, 0.5) is 27.8 Å². The minimum Gasteiger partial charge on any atom is -0.471 e. The van der Waals surface area contributed by atoms with Crippen LogP contribution in [0.15, 0.2) is 36.6 Å². The van der Waals surface area contributed by atoms with Crippen molar-refractivity contribution in [1.29, 1.82) is 5.26 Å². The van der Waals surface area contributed by atoms with Crippen LogP contribution in [0.2, 0.25) is 0 Å². The first-order valence-electron chi connectivity index (χ1n) is 22.3. The molecule has 2 aromatic carbocycles. The number of benzene rings is 2. The van der Waals surface area contributed by atoms with Gasteiger partial charge in [-0.25, -0.2) is 13.6 Å². The first kappa shape index (κ1) is 52.2. The Morgan fingerprint density at radius 2 is 1.80 bits per heavy atom. The molecule has 1 aliphatic rings. The zero-order chi connectivity index (χ0) is 47.7. The molecule has 4 radical (unpaired) electrons. The Morgan fingerprint density at radius 1 is 1.09 bits per heavy atom. The summed E-state index contributed by atoms with van der Waals surface area (Å²) in [5, 5.41) is 19.6. The van der Waals surface area contributed by atoms with Gasteiger partial charge < -0.3 is 19.6 Å². The molecule has 0 aliphatic carbocycles. The number of ether oxygens (including phenoxy) is 1. The summed E-state index contributed by atoms with van der Waals surface area (Å²) in [4.78, 5) is 24.1. The number of carbonyl (C=O) groups excluding carboxylic acids is 1. The summed E-state index contributed by atoms with van der Waals surface area (Å²) < 4.78 is 83.0. The highest BCUT2D eigenvalue weighted by atomic mass is 32.1. The summed E-state index contributed by atoms with van der Waals surface area (Å²) >= 11 is 0.954. The van der Waals surface area contributed by atoms with Crippen molar-refractivity contribution in [2.75, 3.05) is 24.5 Å². The van der Waals surface area contributed by atoms with Gasteiger partial charge in [-0.15, -0.1) is 11.3 Å². The molecule has 0 spiro atoms. The van der Waals surface area contributed by atoms with Gasteiger partial charge in [0.1, 0.15) is 50.6 Å². The van der Waals surface area contributed by atoms with Gasteiger partial charge in [0, 0.05) is 52.4 Å². The average Bonchev–Trinajstić information content (AvgIpc) is 3.64. The van der Waals surface area contributed by atoms with E-state index in [0.717, 1.165) is 61.1 Å². The second kappa shape index (κ2) is 22.6. The Balaban J connectivity index is 0.000000512. The number of hydrogen-bond acceptors (Lipinski definition) is 9. The third kappa shape index (κ3) is 12.5. The van der Waals surface area contributed by atoms with Crippen molar-refractivity contribution in [1.82, 2.24) is 14.9 Å². The summed E-state index contributed by atoms with van der Waals surface area (Å²) in [5.74, 6) is 0.978. The number of thiophene rings is 1. The number of fused-ring (bicyclic) bond motifs is 2. The van der Waals surface area contributed by atoms with Gasteiger partial charge in [0.2, 0.25) is 0 Å². The van der Waals surface area contributed by atoms with Crippen LogP contribution in [0.1, 0.15) is 135 Å². The Hall–Kier alpha value is -4.44. The number of nitrogens with zero attached hydrogens (tertiary/aromatic N) is 5. The summed E-state index contributed by atoms with van der Waals surface area (Å²) in [7, 11) is 12.0. The molecule has 5 atom stereocenters. The van der Waals surface area contributed by atoms with Crippen molar-refractivity contribution < 1.29 is 36.6 Å². The lowest BCUT2D eigenvalue weighted by molar-refractivity contribution is -0.137. The Labute approximate surface area is 381 Å². The van der Waals surface area contributed by atoms with E-state index in [2.05, 4.69) is 44.2 Å². The second-order valence-corrected chi connectivity index (χ2v) is 18.5. The zero-order valence-electron chi connectivity index (χ0n) is 38.3. The molecule has 1 N–H and O–H groups in total. The van der Waals surface area contributed by atoms with Crippen LogP contribution in [0.25, 0.3) is 32.1 Å². The third-order valence-electron chi connectivity index (χ3n) is 11.8. The predicted octanol–water partition coefficient (Wildman–Crippen LogP) is 11.8. The van der Waals surface area contributed by atoms with E-state index < -0.39 is 46.0 Å². The van der Waals surface area contributed by atoms with E-state index in [9.17, 15) is 15.2 Å². The minimum atomic E-state index is -5.08. The normalized spacial score (nSPS) is 16.7. The molecule has 5 rings (SSSR count). The molecule has 0 saturated carbocycles. The number of nitriles is 1. The summed E-state index contributed by atoms with van der Waals surface area (Å²) in [5.41, 5.74) is -3.67. The van der Waals surface area contributed by atoms with Gasteiger partial charge in [-0.1, -0.05) is 86.8 Å². The lowest BCUT2D eigenvalue weighted by Crippen LogP contribution is -2.51. The van der Waals surface area contributed by atoms with Crippen LogP contribution in [0.5, 0.6) is 6.01 Å². The van der Waals surface area contributed by atoms with Gasteiger partial charge in [0.25, 0.3) is 0 Å². The van der Waals surface area contributed by atoms with Crippen molar-refractivity contribution in [3.8, 4) is 23.2 Å². The van der Waals surface area contributed by atoms with Gasteiger partial charge in [-0.05, 0) is 80.6 Å². The average molecular weight is 904 g/mol. The number of piperazine rings is 1. The number of aliphatic hydroxyl groups is 1. The van der Waals surface area contributed by atoms with E-state index in [0.29, 0.717) is 30.1 Å². The highest BCUT2D eigenvalue weighted by Gasteiger charge is 2.39. The summed E-state index contributed by atoms with van der Waals surface area (Å²) in [6, 6.07) is 3.31. The van der Waals surface area contributed by atoms with Crippen molar-refractivity contribution in [2.45, 2.75) is 143 Å². The van der Waals surface area contributed by atoms with Gasteiger partial charge in [-0.2, -0.15) is 28.4 Å². The Kier molecular flexibility index (Phi) is 18.5. The Morgan fingerprint density at radius 3 is 2.36 bits per heavy atom. The van der Waals surface area contributed by atoms with Gasteiger partial charge in [-0.3, -0.25) is 0 Å². The monoisotopic (exact) mass is 903 g/mol. The van der Waals surface area contributed by atoms with Crippen LogP contribution >= 0.6 is 11.3 Å². The first-order valence-corrected chi connectivity index (χ1v) is 23.1. The lowest BCUT2D eigenvalue weighted by Gasteiger charge is -2.41. The van der Waals surface area contributed by atoms with E-state index in [-0.39, 0.29) is 75.7 Å². The number of hydrogen-bond donors (Lipinski definition) is 1. The molecule has 0 amide bonds. The number of anilines is 1. The van der Waals surface area contributed by atoms with E-state index in [4.69, 9.17) is 20.4 Å². The molecular formula is C48H60B2F5N5O3S. The fourth-order valence-corrected chi connectivity index (χ4v) is 9.42. The molecule has 1 aliphatic heterocycles. The Bertz CT molecular complexity index is 2340. The van der Waals surface area contributed by atoms with Crippen LogP contribution in [0.3, 0.4) is 0 Å². The van der Waals surface area contributed by atoms with Crippen LogP contribution in [-0.4, -0.2) is 78.8 Å². The highest BCUT2D eigenvalue weighted by molar-refractivity contribution is 7.19. The quantitative estimate of drug-likeness (QED) is 0.0456. The molecule has 0 bridgehead atoms. The molecular weight excluding hydrogens is 843 g/mol. The summed E-state index contributed by atoms with van der Waals surface area (Å²) in [6.07, 6.45) is 4.18. The maximum Gasteiger partial charge on any atom is 0.417 e. The topological polar surface area (TPSA) is 103 Å². The van der Waals surface area contributed by atoms with Crippen LogP contribution in [-0.2, 0) is 11.0 Å². The number of alkyl halides is 3. The molecule has 1 fully saturated rings. The van der Waals surface area contributed by atoms with E-state index >= 15 is 22.0 Å². The predicted molar refractivity (Wildman–Crippen MR) is 250 cm³/mol. The molecule has 342 valence electrons. The standard InChI is InChI=1S/C35H33BF5N5O2S.C13H27BO/c1-6-8-9-26(36)48-34-43-30-22(33(44-34)45-12-13-46(19(5)16-45)20(7-2)17-47)14-24(35(39,40)41)28(29(30)38)21-10-11-25(37)32-27(21)23(15-42)31(49-32)18(3)4;1-5-8-13(14,15)9-7-12(4)10-11(3)6-2/h7,10-11,14,18-19,26H,2,6,8-9,12-13,16H2,1,3-5H3;11-12,15H,5-10H2,1-4H3. The maximum atomic E-state index is 17.0. The van der Waals surface area contributed by atoms with Crippen molar-refractivity contribution in [2.24, 2.45) is 11.8 Å². The molecule has 4 aromatic rings. The molecule has 1 saturated heterocycles. The van der Waals surface area contributed by atoms with E-state index in [1.165, 1.54) is 18.9 Å². The second-order valence-electron chi connectivity index (χ2n) is 17.5. The number of aromatic nitrogens is 2. The molecule has 64 heavy (non-hydrogen) atoms. The molecule has 5 unspecified atom stereocenters. The molecule has 8 nitrogen and oxygen atoms in total. The fraction of sp³-hybridized carbons (Fsp3) is 0.562. The minimum absolute atomic E-state index is 0.0125. The van der Waals surface area contributed by atoms with Crippen molar-refractivity contribution in [3.05, 3.63) is 64.2 Å². The van der Waals surface area contributed by atoms with Crippen molar-refractivity contribution >= 4 is 59.8 Å². The van der Waals surface area contributed by atoms with Crippen LogP contribution < -0.4 is 9.64 Å². The van der Waals surface area contributed by atoms with Crippen molar-refractivity contribution in [3.63, 3.8) is 0 Å². The third-order valence-corrected chi connectivity index (χ3v) is 13.3. The van der Waals surface area contributed by atoms with Gasteiger partial charge in [0.05, 0.1) is 21.8 Å². The number of allylic oxidation sites excluding steroid dienone is 1. The number of rotatable bonds is 18. The summed E-state index contributed by atoms with van der Waals surface area (Å²) in [6.45, 7) is 20.5. The van der Waals surface area contributed by atoms with E-state index in [1.807, 2.05) is 25.9 Å². The number of unbranched alkanes of at least 4 members (excludes halogenated alkanes) is 1. The molecule has 3 heterocycles. The van der Waals surface area contributed by atoms with Crippen LogP contribution in [0, 0.1) is 34.8 Å². The fourth-order valence-electron chi connectivity index (χ4n) is 8.24. The van der Waals surface area contributed by atoms with Gasteiger partial charge >= 0.3 is 12.2 Å².